The Balaban J connectivity index is 2.54. The van der Waals surface area contributed by atoms with Crippen LogP contribution in [-0.2, 0) is 4.79 Å². The fourth-order valence-electron chi connectivity index (χ4n) is 1.79. The van der Waals surface area contributed by atoms with Crippen LogP contribution in [0, 0.1) is 11.8 Å². The highest BCUT2D eigenvalue weighted by molar-refractivity contribution is 5.77. The zero-order valence-electron chi connectivity index (χ0n) is 9.36. The molecule has 0 spiro atoms. The molecule has 0 saturated carbocycles. The first-order valence-corrected chi connectivity index (χ1v) is 5.20. The lowest BCUT2D eigenvalue weighted by molar-refractivity contribution is -0.142. The molecule has 2 atom stereocenters. The summed E-state index contributed by atoms with van der Waals surface area (Å²) in [6.45, 7) is 6.46. The quantitative estimate of drug-likeness (QED) is 0.713. The molecule has 1 aliphatic heterocycles. The van der Waals surface area contributed by atoms with Crippen molar-refractivity contribution in [1.82, 2.24) is 10.2 Å². The van der Waals surface area contributed by atoms with E-state index in [-0.39, 0.29) is 18.0 Å². The van der Waals surface area contributed by atoms with Crippen LogP contribution < -0.4 is 5.32 Å². The second-order valence-electron chi connectivity index (χ2n) is 4.43. The average molecular weight is 214 g/mol. The van der Waals surface area contributed by atoms with E-state index < -0.39 is 11.9 Å². The zero-order valence-corrected chi connectivity index (χ0v) is 9.36. The molecule has 1 saturated heterocycles. The largest absolute Gasteiger partial charge is 0.481 e. The van der Waals surface area contributed by atoms with Gasteiger partial charge in [0.15, 0.2) is 0 Å². The minimum atomic E-state index is -0.817. The van der Waals surface area contributed by atoms with Gasteiger partial charge in [-0.3, -0.25) is 4.79 Å². The zero-order chi connectivity index (χ0) is 11.6. The van der Waals surface area contributed by atoms with Gasteiger partial charge in [-0.2, -0.15) is 0 Å². The first-order valence-electron chi connectivity index (χ1n) is 5.20. The maximum absolute atomic E-state index is 11.6. The van der Waals surface area contributed by atoms with E-state index in [1.165, 1.54) is 0 Å². The lowest BCUT2D eigenvalue weighted by Crippen LogP contribution is -2.42. The predicted octanol–water partition coefficient (Wildman–Crippen LogP) is 0.757. The Morgan fingerprint density at radius 2 is 2.00 bits per heavy atom. The molecule has 0 aromatic rings. The van der Waals surface area contributed by atoms with Crippen LogP contribution in [0.3, 0.4) is 0 Å². The van der Waals surface area contributed by atoms with Gasteiger partial charge >= 0.3 is 12.0 Å². The van der Waals surface area contributed by atoms with E-state index in [1.807, 2.05) is 20.8 Å². The lowest BCUT2D eigenvalue weighted by atomic mass is 9.99. The minimum absolute atomic E-state index is 0.0282. The van der Waals surface area contributed by atoms with Gasteiger partial charge in [0.1, 0.15) is 0 Å². The van der Waals surface area contributed by atoms with E-state index in [4.69, 9.17) is 5.11 Å². The minimum Gasteiger partial charge on any atom is -0.481 e. The number of nitrogens with one attached hydrogen (secondary N) is 1. The molecule has 15 heavy (non-hydrogen) atoms. The number of carbonyl (C=O) groups excluding carboxylic acids is 1. The summed E-state index contributed by atoms with van der Waals surface area (Å²) in [6.07, 6.45) is 0. The highest BCUT2D eigenvalue weighted by Gasteiger charge is 2.36. The topological polar surface area (TPSA) is 69.6 Å². The maximum Gasteiger partial charge on any atom is 0.317 e. The molecule has 5 heteroatoms. The molecule has 1 rings (SSSR count). The third-order valence-corrected chi connectivity index (χ3v) is 2.63. The first-order chi connectivity index (χ1) is 6.91. The number of carboxylic acid groups (broad SMARTS) is 1. The molecule has 0 bridgehead atoms. The Kier molecular flexibility index (Phi) is 3.55. The molecule has 1 fully saturated rings. The number of carboxylic acids is 1. The summed E-state index contributed by atoms with van der Waals surface area (Å²) in [5.74, 6) is -1.22. The van der Waals surface area contributed by atoms with Crippen LogP contribution in [0.1, 0.15) is 20.8 Å². The van der Waals surface area contributed by atoms with Crippen molar-refractivity contribution in [3.63, 3.8) is 0 Å². The molecular formula is C10H18N2O3. The van der Waals surface area contributed by atoms with E-state index >= 15 is 0 Å². The van der Waals surface area contributed by atoms with Crippen molar-refractivity contribution in [2.75, 3.05) is 13.1 Å². The van der Waals surface area contributed by atoms with Gasteiger partial charge in [-0.1, -0.05) is 6.92 Å². The van der Waals surface area contributed by atoms with Gasteiger partial charge < -0.3 is 15.3 Å². The van der Waals surface area contributed by atoms with E-state index in [1.54, 1.807) is 4.90 Å². The molecule has 0 aromatic heterocycles. The van der Waals surface area contributed by atoms with Crippen LogP contribution in [0.25, 0.3) is 0 Å². The van der Waals surface area contributed by atoms with Crippen LogP contribution in [-0.4, -0.2) is 41.1 Å². The van der Waals surface area contributed by atoms with Crippen LogP contribution in [0.15, 0.2) is 0 Å². The monoisotopic (exact) mass is 214 g/mol. The summed E-state index contributed by atoms with van der Waals surface area (Å²) in [5.41, 5.74) is 0. The van der Waals surface area contributed by atoms with E-state index in [9.17, 15) is 9.59 Å². The van der Waals surface area contributed by atoms with Crippen molar-refractivity contribution >= 4 is 12.0 Å². The molecule has 1 heterocycles. The van der Waals surface area contributed by atoms with Crippen LogP contribution >= 0.6 is 0 Å². The predicted molar refractivity (Wildman–Crippen MR) is 55.5 cm³/mol. The molecule has 0 aromatic carbocycles. The summed E-state index contributed by atoms with van der Waals surface area (Å²) >= 11 is 0. The Hall–Kier alpha value is -1.26. The molecule has 86 valence electrons. The Bertz CT molecular complexity index is 265. The molecule has 0 unspecified atom stereocenters. The van der Waals surface area contributed by atoms with Crippen molar-refractivity contribution in [3.8, 4) is 0 Å². The Morgan fingerprint density at radius 1 is 1.40 bits per heavy atom. The number of nitrogens with zero attached hydrogens (tertiary/aromatic N) is 1. The van der Waals surface area contributed by atoms with Gasteiger partial charge in [0.25, 0.3) is 0 Å². The van der Waals surface area contributed by atoms with Crippen molar-refractivity contribution < 1.29 is 14.7 Å². The first kappa shape index (κ1) is 11.8. The SMILES string of the molecule is CC(C)NC(=O)N1C[C@@H](C)[C@H](C(=O)O)C1. The summed E-state index contributed by atoms with van der Waals surface area (Å²) in [5, 5.41) is 11.7. The van der Waals surface area contributed by atoms with Gasteiger partial charge in [0.05, 0.1) is 5.92 Å². The van der Waals surface area contributed by atoms with Crippen molar-refractivity contribution in [2.24, 2.45) is 11.8 Å². The third-order valence-electron chi connectivity index (χ3n) is 2.63. The van der Waals surface area contributed by atoms with Crippen LogP contribution in [0.2, 0.25) is 0 Å². The normalized spacial score (nSPS) is 25.7. The smallest absolute Gasteiger partial charge is 0.317 e. The van der Waals surface area contributed by atoms with E-state index in [0.29, 0.717) is 13.1 Å². The second kappa shape index (κ2) is 4.51. The number of carbonyl (C=O) groups is 2. The number of hydrogen-bond acceptors (Lipinski definition) is 2. The number of hydrogen-bond donors (Lipinski definition) is 2. The number of aliphatic carboxylic acids is 1. The molecule has 5 nitrogen and oxygen atoms in total. The number of rotatable bonds is 2. The molecule has 2 N–H and O–H groups in total. The summed E-state index contributed by atoms with van der Waals surface area (Å²) in [7, 11) is 0. The number of likely N-dealkylation sites (tertiary alicyclic amines) is 1. The standard InChI is InChI=1S/C10H18N2O3/c1-6(2)11-10(15)12-4-7(3)8(5-12)9(13)14/h6-8H,4-5H2,1-3H3,(H,11,15)(H,13,14)/t7-,8-/m1/s1. The highest BCUT2D eigenvalue weighted by atomic mass is 16.4. The Labute approximate surface area is 89.4 Å². The van der Waals surface area contributed by atoms with Crippen molar-refractivity contribution in [2.45, 2.75) is 26.8 Å². The maximum atomic E-state index is 11.6. The molecule has 2 amide bonds. The molecular weight excluding hydrogens is 196 g/mol. The number of urea groups is 1. The van der Waals surface area contributed by atoms with Gasteiger partial charge in [-0.25, -0.2) is 4.79 Å². The van der Waals surface area contributed by atoms with E-state index in [0.717, 1.165) is 0 Å². The van der Waals surface area contributed by atoms with Crippen LogP contribution in [0.4, 0.5) is 4.79 Å². The van der Waals surface area contributed by atoms with Crippen molar-refractivity contribution in [1.29, 1.82) is 0 Å². The second-order valence-corrected chi connectivity index (χ2v) is 4.43. The lowest BCUT2D eigenvalue weighted by Gasteiger charge is -2.18. The fraction of sp³-hybridized carbons (Fsp3) is 0.800. The third kappa shape index (κ3) is 2.84. The van der Waals surface area contributed by atoms with E-state index in [2.05, 4.69) is 5.32 Å². The van der Waals surface area contributed by atoms with Gasteiger partial charge in [-0.15, -0.1) is 0 Å². The molecule has 0 radical (unpaired) electrons. The highest BCUT2D eigenvalue weighted by Crippen LogP contribution is 2.22. The average Bonchev–Trinajstić information content (AvgIpc) is 2.46. The van der Waals surface area contributed by atoms with Crippen molar-refractivity contribution in [3.05, 3.63) is 0 Å². The Morgan fingerprint density at radius 3 is 2.40 bits per heavy atom. The van der Waals surface area contributed by atoms with Crippen LogP contribution in [0.5, 0.6) is 0 Å². The molecule has 0 aliphatic carbocycles. The van der Waals surface area contributed by atoms with Gasteiger partial charge in [-0.05, 0) is 19.8 Å². The molecule has 1 aliphatic rings. The summed E-state index contributed by atoms with van der Waals surface area (Å²) in [4.78, 5) is 24.0. The summed E-state index contributed by atoms with van der Waals surface area (Å²) in [6, 6.07) is -0.0858. The summed E-state index contributed by atoms with van der Waals surface area (Å²) < 4.78 is 0. The fourth-order valence-corrected chi connectivity index (χ4v) is 1.79. The number of amides is 2. The van der Waals surface area contributed by atoms with Gasteiger partial charge in [0, 0.05) is 19.1 Å². The van der Waals surface area contributed by atoms with Gasteiger partial charge in [0.2, 0.25) is 0 Å².